The highest BCUT2D eigenvalue weighted by Crippen LogP contribution is 2.36. The summed E-state index contributed by atoms with van der Waals surface area (Å²) in [5, 5.41) is 3.53. The van der Waals surface area contributed by atoms with Crippen LogP contribution in [-0.2, 0) is 26.2 Å². The maximum absolute atomic E-state index is 14.2. The molecule has 11 heteroatoms. The van der Waals surface area contributed by atoms with Gasteiger partial charge in [-0.2, -0.15) is 0 Å². The van der Waals surface area contributed by atoms with Crippen molar-refractivity contribution in [2.45, 2.75) is 62.6 Å². The second-order valence-electron chi connectivity index (χ2n) is 10.5. The molecule has 1 atom stereocenters. The van der Waals surface area contributed by atoms with E-state index in [9.17, 15) is 18.0 Å². The van der Waals surface area contributed by atoms with E-state index in [2.05, 4.69) is 5.32 Å². The van der Waals surface area contributed by atoms with Gasteiger partial charge in [0.05, 0.1) is 24.8 Å². The van der Waals surface area contributed by atoms with Crippen LogP contribution in [0.15, 0.2) is 77.7 Å². The molecule has 0 aromatic heterocycles. The van der Waals surface area contributed by atoms with E-state index < -0.39 is 28.5 Å². The molecule has 4 rings (SSSR count). The lowest BCUT2D eigenvalue weighted by molar-refractivity contribution is -0.139. The molecule has 2 amide bonds. The fourth-order valence-electron chi connectivity index (χ4n) is 5.19. The number of amides is 2. The molecule has 0 bridgehead atoms. The highest BCUT2D eigenvalue weighted by molar-refractivity contribution is 7.92. The van der Waals surface area contributed by atoms with Crippen LogP contribution in [0.1, 0.15) is 44.6 Å². The van der Waals surface area contributed by atoms with Gasteiger partial charge in [-0.1, -0.05) is 67.3 Å². The molecule has 1 aliphatic carbocycles. The standard InChI is InChI=1S/C32H38ClN3O6S/c1-23(32(38)34-25-13-6-4-7-14-25)35(21-24-12-10-11-17-28(24)33)31(37)22-36(43(39,40)27-15-8-5-9-16-27)29-20-26(41-2)18-19-30(29)42-3/h5,8-12,15-20,23,25H,4,6-7,13-14,21-22H2,1-3H3,(H,34,38)/t23-/m0/s1. The largest absolute Gasteiger partial charge is 0.497 e. The molecule has 0 heterocycles. The second-order valence-corrected chi connectivity index (χ2v) is 12.8. The summed E-state index contributed by atoms with van der Waals surface area (Å²) < 4.78 is 40.1. The van der Waals surface area contributed by atoms with Crippen LogP contribution in [0.5, 0.6) is 11.5 Å². The van der Waals surface area contributed by atoms with Crippen molar-refractivity contribution in [3.05, 3.63) is 83.4 Å². The molecule has 1 fully saturated rings. The van der Waals surface area contributed by atoms with Gasteiger partial charge in [-0.15, -0.1) is 0 Å². The van der Waals surface area contributed by atoms with Crippen LogP contribution in [-0.4, -0.2) is 58.0 Å². The topological polar surface area (TPSA) is 105 Å². The summed E-state index contributed by atoms with van der Waals surface area (Å²) in [7, 11) is -1.38. The number of methoxy groups -OCH3 is 2. The molecule has 1 N–H and O–H groups in total. The van der Waals surface area contributed by atoms with Crippen LogP contribution in [0.2, 0.25) is 5.02 Å². The Hall–Kier alpha value is -3.76. The van der Waals surface area contributed by atoms with Gasteiger partial charge in [-0.05, 0) is 55.7 Å². The van der Waals surface area contributed by atoms with E-state index in [-0.39, 0.29) is 34.8 Å². The van der Waals surface area contributed by atoms with Crippen LogP contribution >= 0.6 is 11.6 Å². The maximum atomic E-state index is 14.2. The van der Waals surface area contributed by atoms with E-state index in [0.29, 0.717) is 16.3 Å². The summed E-state index contributed by atoms with van der Waals surface area (Å²) in [6.07, 6.45) is 4.98. The van der Waals surface area contributed by atoms with Crippen LogP contribution in [0.25, 0.3) is 0 Å². The van der Waals surface area contributed by atoms with Crippen molar-refractivity contribution in [1.82, 2.24) is 10.2 Å². The molecule has 0 unspecified atom stereocenters. The summed E-state index contributed by atoms with van der Waals surface area (Å²) in [6, 6.07) is 18.8. The Balaban J connectivity index is 1.74. The Labute approximate surface area is 258 Å². The highest BCUT2D eigenvalue weighted by Gasteiger charge is 2.34. The molecule has 3 aromatic carbocycles. The van der Waals surface area contributed by atoms with Gasteiger partial charge >= 0.3 is 0 Å². The lowest BCUT2D eigenvalue weighted by atomic mass is 9.95. The SMILES string of the molecule is COc1ccc(OC)c(N(CC(=O)N(Cc2ccccc2Cl)[C@@H](C)C(=O)NC2CCCCC2)S(=O)(=O)c2ccccc2)c1. The summed E-state index contributed by atoms with van der Waals surface area (Å²) in [5.41, 5.74) is 0.752. The molecule has 9 nitrogen and oxygen atoms in total. The lowest BCUT2D eigenvalue weighted by Gasteiger charge is -2.33. The lowest BCUT2D eigenvalue weighted by Crippen LogP contribution is -2.53. The number of sulfonamides is 1. The predicted octanol–water partition coefficient (Wildman–Crippen LogP) is 5.42. The molecule has 3 aromatic rings. The third kappa shape index (κ3) is 7.80. The average molecular weight is 628 g/mol. The number of nitrogens with one attached hydrogen (secondary N) is 1. The summed E-state index contributed by atoms with van der Waals surface area (Å²) in [6.45, 7) is 1.05. The number of hydrogen-bond donors (Lipinski definition) is 1. The van der Waals surface area contributed by atoms with E-state index in [1.807, 2.05) is 0 Å². The predicted molar refractivity (Wildman–Crippen MR) is 167 cm³/mol. The van der Waals surface area contributed by atoms with Crippen molar-refractivity contribution in [2.75, 3.05) is 25.1 Å². The number of carbonyl (C=O) groups excluding carboxylic acids is 2. The normalized spacial score (nSPS) is 14.4. The number of nitrogens with zero attached hydrogens (tertiary/aromatic N) is 2. The van der Waals surface area contributed by atoms with E-state index in [1.165, 1.54) is 37.3 Å². The number of benzene rings is 3. The second kappa shape index (κ2) is 14.6. The number of hydrogen-bond acceptors (Lipinski definition) is 6. The van der Waals surface area contributed by atoms with Crippen LogP contribution in [0, 0.1) is 0 Å². The van der Waals surface area contributed by atoms with Crippen molar-refractivity contribution in [1.29, 1.82) is 0 Å². The summed E-state index contributed by atoms with van der Waals surface area (Å²) >= 11 is 6.46. The third-order valence-electron chi connectivity index (χ3n) is 7.68. The Morgan fingerprint density at radius 1 is 0.953 bits per heavy atom. The van der Waals surface area contributed by atoms with Gasteiger partial charge < -0.3 is 19.7 Å². The van der Waals surface area contributed by atoms with Crippen molar-refractivity contribution < 1.29 is 27.5 Å². The van der Waals surface area contributed by atoms with Crippen molar-refractivity contribution in [3.8, 4) is 11.5 Å². The number of rotatable bonds is 12. The zero-order chi connectivity index (χ0) is 31.0. The van der Waals surface area contributed by atoms with Crippen LogP contribution in [0.4, 0.5) is 5.69 Å². The van der Waals surface area contributed by atoms with Gasteiger partial charge in [0.15, 0.2) is 0 Å². The van der Waals surface area contributed by atoms with Crippen LogP contribution in [0.3, 0.4) is 0 Å². The van der Waals surface area contributed by atoms with E-state index in [1.54, 1.807) is 61.5 Å². The van der Waals surface area contributed by atoms with Crippen LogP contribution < -0.4 is 19.1 Å². The van der Waals surface area contributed by atoms with Crippen molar-refractivity contribution in [3.63, 3.8) is 0 Å². The van der Waals surface area contributed by atoms with Gasteiger partial charge in [0.2, 0.25) is 11.8 Å². The number of halogens is 1. The first-order valence-electron chi connectivity index (χ1n) is 14.3. The summed E-state index contributed by atoms with van der Waals surface area (Å²) in [4.78, 5) is 29.1. The minimum absolute atomic E-state index is 0.00610. The minimum atomic E-state index is -4.27. The first-order valence-corrected chi connectivity index (χ1v) is 16.1. The number of anilines is 1. The van der Waals surface area contributed by atoms with E-state index in [4.69, 9.17) is 21.1 Å². The Kier molecular flexibility index (Phi) is 10.9. The van der Waals surface area contributed by atoms with Crippen molar-refractivity contribution in [2.24, 2.45) is 0 Å². The van der Waals surface area contributed by atoms with Gasteiger partial charge in [-0.25, -0.2) is 8.42 Å². The third-order valence-corrected chi connectivity index (χ3v) is 9.82. The molecular formula is C32H38ClN3O6S. The Morgan fingerprint density at radius 2 is 1.63 bits per heavy atom. The molecule has 0 spiro atoms. The Morgan fingerprint density at radius 3 is 2.28 bits per heavy atom. The van der Waals surface area contributed by atoms with Crippen molar-refractivity contribution >= 4 is 39.1 Å². The quantitative estimate of drug-likeness (QED) is 0.288. The Bertz CT molecular complexity index is 1510. The average Bonchev–Trinajstić information content (AvgIpc) is 3.03. The fraction of sp³-hybridized carbons (Fsp3) is 0.375. The van der Waals surface area contributed by atoms with Gasteiger partial charge in [0.25, 0.3) is 10.0 Å². The first kappa shape index (κ1) is 32.2. The van der Waals surface area contributed by atoms with Gasteiger partial charge in [0, 0.05) is 23.7 Å². The van der Waals surface area contributed by atoms with Gasteiger partial charge in [0.1, 0.15) is 24.1 Å². The zero-order valence-corrected chi connectivity index (χ0v) is 26.2. The molecule has 0 aliphatic heterocycles. The molecule has 43 heavy (non-hydrogen) atoms. The monoisotopic (exact) mass is 627 g/mol. The molecule has 230 valence electrons. The first-order chi connectivity index (χ1) is 20.6. The van der Waals surface area contributed by atoms with E-state index >= 15 is 0 Å². The summed E-state index contributed by atoms with van der Waals surface area (Å²) in [5.74, 6) is -0.280. The van der Waals surface area contributed by atoms with E-state index in [0.717, 1.165) is 36.4 Å². The maximum Gasteiger partial charge on any atom is 0.264 e. The van der Waals surface area contributed by atoms with Gasteiger partial charge in [-0.3, -0.25) is 13.9 Å². The molecular weight excluding hydrogens is 590 g/mol. The smallest absolute Gasteiger partial charge is 0.264 e. The molecule has 1 aliphatic rings. The molecule has 0 radical (unpaired) electrons. The number of ether oxygens (including phenoxy) is 2. The number of carbonyl (C=O) groups is 2. The fourth-order valence-corrected chi connectivity index (χ4v) is 6.82. The highest BCUT2D eigenvalue weighted by atomic mass is 35.5. The molecule has 1 saturated carbocycles. The molecule has 0 saturated heterocycles. The minimum Gasteiger partial charge on any atom is -0.497 e. The zero-order valence-electron chi connectivity index (χ0n) is 24.7.